The monoisotopic (exact) mass is 503 g/mol. The van der Waals surface area contributed by atoms with E-state index in [9.17, 15) is 24.3 Å². The smallest absolute Gasteiger partial charge is 0.313 e. The highest BCUT2D eigenvalue weighted by Crippen LogP contribution is 2.53. The van der Waals surface area contributed by atoms with Crippen molar-refractivity contribution in [1.29, 1.82) is 0 Å². The Morgan fingerprint density at radius 1 is 1.22 bits per heavy atom. The molecule has 0 aromatic heterocycles. The number of carbonyl (C=O) groups is 4. The molecule has 2 N–H and O–H groups in total. The number of nitrogens with zero attached hydrogens (tertiary/aromatic N) is 2. The zero-order valence-electron chi connectivity index (χ0n) is 21.2. The Hall–Kier alpha value is -2.72. The summed E-state index contributed by atoms with van der Waals surface area (Å²) in [6, 6.07) is -1.64. The normalized spacial score (nSPS) is 36.6. The number of ether oxygens (including phenoxy) is 2. The molecule has 10 heteroatoms. The van der Waals surface area contributed by atoms with Crippen molar-refractivity contribution in [1.82, 2.24) is 15.1 Å². The van der Waals surface area contributed by atoms with Crippen LogP contribution in [0.15, 0.2) is 24.3 Å². The van der Waals surface area contributed by atoms with Gasteiger partial charge in [0.15, 0.2) is 0 Å². The molecule has 2 fully saturated rings. The summed E-state index contributed by atoms with van der Waals surface area (Å²) in [6.45, 7) is 6.17. The van der Waals surface area contributed by atoms with E-state index < -0.39 is 53.6 Å². The van der Waals surface area contributed by atoms with E-state index in [4.69, 9.17) is 9.47 Å². The molecule has 0 bridgehead atoms. The molecule has 0 saturated carbocycles. The van der Waals surface area contributed by atoms with Gasteiger partial charge < -0.3 is 29.7 Å². The molecule has 0 aromatic carbocycles. The maximum atomic E-state index is 14.0. The minimum Gasteiger partial charge on any atom is -0.460 e. The van der Waals surface area contributed by atoms with Crippen molar-refractivity contribution < 1.29 is 33.8 Å². The largest absolute Gasteiger partial charge is 0.460 e. The van der Waals surface area contributed by atoms with E-state index in [0.717, 1.165) is 12.8 Å². The lowest BCUT2D eigenvalue weighted by atomic mass is 9.78. The van der Waals surface area contributed by atoms with Crippen LogP contribution >= 0.6 is 0 Å². The first-order valence-electron chi connectivity index (χ1n) is 13.0. The standard InChI is InChI=1S/C26H37N3O7/c1-4-5-12-28-13-8-11-26-21(23(32)29(16(2)15-30)22(26)24(28)33)20-18(36-26)9-6-7-10-19(31)27-14-17(3)35-25(20)34/h6,8-9,11,16-18,20-22,30H,4-5,7,10,12-15H2,1-3H3,(H,27,31)/b9-6-/t16-,17+,18+,20-,21-,22+,26-/m1/s1. The Morgan fingerprint density at radius 3 is 2.72 bits per heavy atom. The molecule has 3 amide bonds. The van der Waals surface area contributed by atoms with Crippen molar-refractivity contribution in [3.8, 4) is 0 Å². The minimum atomic E-state index is -1.37. The number of esters is 1. The van der Waals surface area contributed by atoms with Gasteiger partial charge >= 0.3 is 5.97 Å². The Bertz CT molecular complexity index is 950. The number of fused-ring (bicyclic) bond motifs is 2. The van der Waals surface area contributed by atoms with E-state index >= 15 is 0 Å². The van der Waals surface area contributed by atoms with Crippen molar-refractivity contribution in [2.45, 2.75) is 76.3 Å². The third-order valence-electron chi connectivity index (χ3n) is 7.58. The number of unbranched alkanes of at least 4 members (excludes halogenated alkanes) is 1. The first-order chi connectivity index (χ1) is 17.2. The summed E-state index contributed by atoms with van der Waals surface area (Å²) < 4.78 is 12.2. The molecule has 0 radical (unpaired) electrons. The van der Waals surface area contributed by atoms with Gasteiger partial charge in [-0.2, -0.15) is 0 Å². The first kappa shape index (κ1) is 26.3. The fourth-order valence-electron chi connectivity index (χ4n) is 5.76. The minimum absolute atomic E-state index is 0.143. The predicted octanol–water partition coefficient (Wildman–Crippen LogP) is 0.544. The zero-order chi connectivity index (χ0) is 26.0. The molecule has 0 unspecified atom stereocenters. The summed E-state index contributed by atoms with van der Waals surface area (Å²) in [5, 5.41) is 12.7. The van der Waals surface area contributed by atoms with Crippen molar-refractivity contribution in [2.24, 2.45) is 11.8 Å². The number of likely N-dealkylation sites (tertiary alicyclic amines) is 1. The second kappa shape index (κ2) is 10.7. The zero-order valence-corrected chi connectivity index (χ0v) is 21.2. The van der Waals surface area contributed by atoms with Crippen LogP contribution in [0, 0.1) is 11.8 Å². The average molecular weight is 504 g/mol. The van der Waals surface area contributed by atoms with Crippen LogP contribution in [-0.2, 0) is 28.7 Å². The molecule has 4 aliphatic rings. The maximum Gasteiger partial charge on any atom is 0.313 e. The summed E-state index contributed by atoms with van der Waals surface area (Å²) in [5.41, 5.74) is -1.37. The molecule has 198 valence electrons. The molecule has 2 saturated heterocycles. The summed E-state index contributed by atoms with van der Waals surface area (Å²) in [7, 11) is 0. The lowest BCUT2D eigenvalue weighted by molar-refractivity contribution is -0.159. The van der Waals surface area contributed by atoms with E-state index in [-0.39, 0.29) is 31.4 Å². The number of aliphatic hydroxyl groups is 1. The van der Waals surface area contributed by atoms with Crippen LogP contribution in [0.25, 0.3) is 0 Å². The number of hydrogen-bond acceptors (Lipinski definition) is 7. The number of carbonyl (C=O) groups excluding carboxylic acids is 4. The van der Waals surface area contributed by atoms with Crippen molar-refractivity contribution in [3.63, 3.8) is 0 Å². The lowest BCUT2D eigenvalue weighted by Crippen LogP contribution is -2.57. The molecule has 4 aliphatic heterocycles. The van der Waals surface area contributed by atoms with Crippen LogP contribution in [0.5, 0.6) is 0 Å². The summed E-state index contributed by atoms with van der Waals surface area (Å²) in [5.74, 6) is -3.34. The number of rotatable bonds is 5. The third-order valence-corrected chi connectivity index (χ3v) is 7.58. The van der Waals surface area contributed by atoms with E-state index in [2.05, 4.69) is 5.32 Å². The van der Waals surface area contributed by atoms with Gasteiger partial charge in [0, 0.05) is 19.5 Å². The number of allylic oxidation sites excluding steroid dienone is 1. The molecule has 4 rings (SSSR count). The van der Waals surface area contributed by atoms with Crippen LogP contribution in [0.1, 0.15) is 46.5 Å². The van der Waals surface area contributed by atoms with E-state index in [1.807, 2.05) is 13.0 Å². The van der Waals surface area contributed by atoms with Gasteiger partial charge in [-0.3, -0.25) is 19.2 Å². The molecule has 0 aromatic rings. The molecular weight excluding hydrogens is 466 g/mol. The Morgan fingerprint density at radius 2 is 2.00 bits per heavy atom. The Balaban J connectivity index is 1.78. The van der Waals surface area contributed by atoms with E-state index in [0.29, 0.717) is 19.5 Å². The molecule has 7 atom stereocenters. The van der Waals surface area contributed by atoms with E-state index in [1.54, 1.807) is 37.0 Å². The van der Waals surface area contributed by atoms with Crippen LogP contribution in [-0.4, -0.2) is 94.7 Å². The average Bonchev–Trinajstić information content (AvgIpc) is 3.25. The second-order valence-electron chi connectivity index (χ2n) is 10.2. The molecule has 36 heavy (non-hydrogen) atoms. The summed E-state index contributed by atoms with van der Waals surface area (Å²) in [4.78, 5) is 56.5. The number of cyclic esters (lactones) is 1. The quantitative estimate of drug-likeness (QED) is 0.414. The van der Waals surface area contributed by atoms with Gasteiger partial charge in [-0.25, -0.2) is 0 Å². The highest BCUT2D eigenvalue weighted by Gasteiger charge is 2.72. The topological polar surface area (TPSA) is 125 Å². The first-order valence-corrected chi connectivity index (χ1v) is 13.0. The predicted molar refractivity (Wildman–Crippen MR) is 129 cm³/mol. The van der Waals surface area contributed by atoms with Crippen molar-refractivity contribution in [2.75, 3.05) is 26.2 Å². The number of aliphatic hydroxyl groups excluding tert-OH is 1. The molecule has 1 spiro atoms. The van der Waals surface area contributed by atoms with E-state index in [1.165, 1.54) is 4.90 Å². The van der Waals surface area contributed by atoms with Crippen LogP contribution in [0.3, 0.4) is 0 Å². The van der Waals surface area contributed by atoms with Gasteiger partial charge in [-0.15, -0.1) is 0 Å². The molecule has 10 nitrogen and oxygen atoms in total. The van der Waals surface area contributed by atoms with Crippen molar-refractivity contribution >= 4 is 23.7 Å². The van der Waals surface area contributed by atoms with Gasteiger partial charge in [-0.05, 0) is 26.7 Å². The van der Waals surface area contributed by atoms with Gasteiger partial charge in [0.05, 0.1) is 31.2 Å². The summed E-state index contributed by atoms with van der Waals surface area (Å²) in [6.07, 6.45) is 8.15. The number of nitrogens with one attached hydrogen (secondary N) is 1. The van der Waals surface area contributed by atoms with Crippen LogP contribution in [0.2, 0.25) is 0 Å². The molecule has 0 aliphatic carbocycles. The number of hydrogen-bond donors (Lipinski definition) is 2. The fourth-order valence-corrected chi connectivity index (χ4v) is 5.76. The number of amides is 3. The second-order valence-corrected chi connectivity index (χ2v) is 10.2. The maximum absolute atomic E-state index is 14.0. The van der Waals surface area contributed by atoms with Gasteiger partial charge in [0.1, 0.15) is 23.7 Å². The third kappa shape index (κ3) is 4.56. The SMILES string of the molecule is CCCCN1CC=C[C@@]23O[C@H]4/C=C\CCC(=O)NC[C@H](C)OC(=O)[C@H]4[C@@H]2C(=O)N([C@H](C)CO)[C@H]3C1=O. The Labute approximate surface area is 211 Å². The highest BCUT2D eigenvalue weighted by atomic mass is 16.6. The van der Waals surface area contributed by atoms with Gasteiger partial charge in [0.2, 0.25) is 17.7 Å². The highest BCUT2D eigenvalue weighted by molar-refractivity contribution is 5.99. The van der Waals surface area contributed by atoms with Crippen LogP contribution < -0.4 is 5.32 Å². The fraction of sp³-hybridized carbons (Fsp3) is 0.692. The van der Waals surface area contributed by atoms with Gasteiger partial charge in [0.25, 0.3) is 0 Å². The van der Waals surface area contributed by atoms with Crippen LogP contribution in [0.4, 0.5) is 0 Å². The van der Waals surface area contributed by atoms with Crippen molar-refractivity contribution in [3.05, 3.63) is 24.3 Å². The molecular formula is C26H37N3O7. The summed E-state index contributed by atoms with van der Waals surface area (Å²) >= 11 is 0. The van der Waals surface area contributed by atoms with Gasteiger partial charge in [-0.1, -0.05) is 37.6 Å². The molecule has 4 heterocycles. The Kier molecular flexibility index (Phi) is 7.85. The lowest BCUT2D eigenvalue weighted by Gasteiger charge is -2.37.